The fourth-order valence-electron chi connectivity index (χ4n) is 3.12. The summed E-state index contributed by atoms with van der Waals surface area (Å²) in [6, 6.07) is 12.5. The van der Waals surface area contributed by atoms with Crippen LogP contribution in [0.2, 0.25) is 0 Å². The number of carboxylic acids is 1. The summed E-state index contributed by atoms with van der Waals surface area (Å²) < 4.78 is 7.07. The van der Waals surface area contributed by atoms with Gasteiger partial charge in [-0.1, -0.05) is 30.0 Å². The number of methoxy groups -OCH3 is 1. The number of carboxylic acid groups (broad SMARTS) is 1. The van der Waals surface area contributed by atoms with E-state index in [2.05, 4.69) is 10.3 Å². The molecule has 1 atom stereocenters. The second kappa shape index (κ2) is 7.93. The fraction of sp³-hybridized carbons (Fsp3) is 0.250. The van der Waals surface area contributed by atoms with Crippen LogP contribution in [0.4, 0.5) is 0 Å². The number of aromatic nitrogens is 2. The van der Waals surface area contributed by atoms with Crippen molar-refractivity contribution in [3.63, 3.8) is 0 Å². The molecular formula is C20H21N3O4S. The highest BCUT2D eigenvalue weighted by Crippen LogP contribution is 2.29. The molecule has 0 fully saturated rings. The van der Waals surface area contributed by atoms with Crippen LogP contribution < -0.4 is 10.1 Å². The molecule has 2 N–H and O–H groups in total. The Morgan fingerprint density at radius 1 is 1.29 bits per heavy atom. The number of ether oxygens (including phenoxy) is 1. The van der Waals surface area contributed by atoms with Crippen molar-refractivity contribution in [2.24, 2.45) is 0 Å². The van der Waals surface area contributed by atoms with Gasteiger partial charge in [-0.05, 0) is 43.0 Å². The molecule has 1 amide bonds. The topological polar surface area (TPSA) is 92.9 Å². The van der Waals surface area contributed by atoms with Gasteiger partial charge in [0.1, 0.15) is 5.75 Å². The van der Waals surface area contributed by atoms with E-state index in [9.17, 15) is 14.7 Å². The van der Waals surface area contributed by atoms with Crippen LogP contribution in [0, 0.1) is 0 Å². The maximum absolute atomic E-state index is 13.1. The fourth-order valence-corrected chi connectivity index (χ4v) is 3.66. The predicted octanol–water partition coefficient (Wildman–Crippen LogP) is 3.18. The molecule has 146 valence electrons. The van der Waals surface area contributed by atoms with Crippen LogP contribution >= 0.6 is 11.8 Å². The predicted molar refractivity (Wildman–Crippen MR) is 107 cm³/mol. The van der Waals surface area contributed by atoms with Crippen molar-refractivity contribution < 1.29 is 19.4 Å². The quantitative estimate of drug-likeness (QED) is 0.593. The van der Waals surface area contributed by atoms with E-state index in [1.54, 1.807) is 31.2 Å². The summed E-state index contributed by atoms with van der Waals surface area (Å²) in [7, 11) is 1.54. The van der Waals surface area contributed by atoms with Crippen molar-refractivity contribution in [1.29, 1.82) is 0 Å². The Balaban J connectivity index is 2.02. The molecule has 28 heavy (non-hydrogen) atoms. The van der Waals surface area contributed by atoms with Gasteiger partial charge in [0.05, 0.1) is 24.6 Å². The molecule has 0 saturated heterocycles. The Morgan fingerprint density at radius 2 is 2.07 bits per heavy atom. The molecule has 0 aliphatic carbocycles. The lowest BCUT2D eigenvalue weighted by Crippen LogP contribution is -2.45. The summed E-state index contributed by atoms with van der Waals surface area (Å²) in [5.74, 6) is -0.874. The Kier molecular flexibility index (Phi) is 5.60. The molecule has 2 aromatic heterocycles. The van der Waals surface area contributed by atoms with E-state index in [4.69, 9.17) is 4.74 Å². The molecule has 0 radical (unpaired) electrons. The Hall–Kier alpha value is -3.00. The molecule has 2 heterocycles. The minimum Gasteiger partial charge on any atom is -0.497 e. The largest absolute Gasteiger partial charge is 0.497 e. The van der Waals surface area contributed by atoms with Crippen LogP contribution in [0.25, 0.3) is 5.52 Å². The van der Waals surface area contributed by atoms with Gasteiger partial charge >= 0.3 is 5.97 Å². The van der Waals surface area contributed by atoms with E-state index in [0.717, 1.165) is 0 Å². The molecule has 8 heteroatoms. The number of benzene rings is 1. The molecule has 0 bridgehead atoms. The van der Waals surface area contributed by atoms with Gasteiger partial charge < -0.3 is 15.2 Å². The standard InChI is InChI=1S/C20H21N3O4S/c1-20(12-16(24)25,13-7-6-8-14(11-13)27-2)22-18(26)17-15-9-4-5-10-23(15)19(21-17)28-3/h4-11H,12H2,1-3H3,(H,22,26)(H,24,25). The molecule has 3 aromatic rings. The number of rotatable bonds is 7. The Labute approximate surface area is 166 Å². The summed E-state index contributed by atoms with van der Waals surface area (Å²) in [5.41, 5.74) is 0.412. The number of nitrogens with zero attached hydrogens (tertiary/aromatic N) is 2. The number of hydrogen-bond acceptors (Lipinski definition) is 5. The number of imidazole rings is 1. The molecule has 0 aliphatic heterocycles. The third kappa shape index (κ3) is 3.82. The van der Waals surface area contributed by atoms with Gasteiger partial charge in [0.2, 0.25) is 0 Å². The minimum absolute atomic E-state index is 0.254. The van der Waals surface area contributed by atoms with Crippen LogP contribution in [-0.4, -0.2) is 39.7 Å². The van der Waals surface area contributed by atoms with Crippen molar-refractivity contribution in [3.8, 4) is 5.75 Å². The van der Waals surface area contributed by atoms with Gasteiger partial charge in [0.15, 0.2) is 10.9 Å². The summed E-state index contributed by atoms with van der Waals surface area (Å²) in [6.45, 7) is 1.68. The number of nitrogens with one attached hydrogen (secondary N) is 1. The average molecular weight is 399 g/mol. The highest BCUT2D eigenvalue weighted by molar-refractivity contribution is 7.98. The average Bonchev–Trinajstić information content (AvgIpc) is 3.06. The van der Waals surface area contributed by atoms with Gasteiger partial charge in [0, 0.05) is 6.20 Å². The van der Waals surface area contributed by atoms with E-state index in [0.29, 0.717) is 22.0 Å². The molecule has 1 unspecified atom stereocenters. The smallest absolute Gasteiger partial charge is 0.306 e. The molecule has 0 spiro atoms. The Morgan fingerprint density at radius 3 is 2.75 bits per heavy atom. The van der Waals surface area contributed by atoms with Crippen molar-refractivity contribution in [2.75, 3.05) is 13.4 Å². The van der Waals surface area contributed by atoms with E-state index in [-0.39, 0.29) is 12.1 Å². The number of hydrogen-bond donors (Lipinski definition) is 2. The number of carbonyl (C=O) groups excluding carboxylic acids is 1. The summed E-state index contributed by atoms with van der Waals surface area (Å²) in [5, 5.41) is 13.0. The zero-order chi connectivity index (χ0) is 20.3. The van der Waals surface area contributed by atoms with Crippen LogP contribution in [-0.2, 0) is 10.3 Å². The lowest BCUT2D eigenvalue weighted by atomic mass is 9.88. The number of thioether (sulfide) groups is 1. The number of fused-ring (bicyclic) bond motifs is 1. The van der Waals surface area contributed by atoms with Gasteiger partial charge in [-0.25, -0.2) is 4.98 Å². The molecule has 3 rings (SSSR count). The van der Waals surface area contributed by atoms with E-state index in [1.165, 1.54) is 18.9 Å². The SMILES string of the molecule is COc1cccc(C(C)(CC(=O)O)NC(=O)c2nc(SC)n3ccccc23)c1. The number of pyridine rings is 1. The monoisotopic (exact) mass is 399 g/mol. The molecule has 0 aliphatic rings. The second-order valence-electron chi connectivity index (χ2n) is 6.49. The normalized spacial score (nSPS) is 13.1. The van der Waals surface area contributed by atoms with Crippen LogP contribution in [0.5, 0.6) is 5.75 Å². The maximum atomic E-state index is 13.1. The first-order valence-electron chi connectivity index (χ1n) is 8.58. The van der Waals surface area contributed by atoms with Gasteiger partial charge in [0.25, 0.3) is 5.91 Å². The van der Waals surface area contributed by atoms with E-state index < -0.39 is 17.4 Å². The molecule has 7 nitrogen and oxygen atoms in total. The van der Waals surface area contributed by atoms with Crippen LogP contribution in [0.3, 0.4) is 0 Å². The van der Waals surface area contributed by atoms with Gasteiger partial charge in [-0.15, -0.1) is 0 Å². The highest BCUT2D eigenvalue weighted by Gasteiger charge is 2.33. The summed E-state index contributed by atoms with van der Waals surface area (Å²) >= 11 is 1.43. The highest BCUT2D eigenvalue weighted by atomic mass is 32.2. The van der Waals surface area contributed by atoms with Crippen LogP contribution in [0.1, 0.15) is 29.4 Å². The molecule has 0 saturated carbocycles. The number of aliphatic carboxylic acids is 1. The summed E-state index contributed by atoms with van der Waals surface area (Å²) in [6.07, 6.45) is 3.44. The lowest BCUT2D eigenvalue weighted by Gasteiger charge is -2.30. The van der Waals surface area contributed by atoms with Gasteiger partial charge in [-0.2, -0.15) is 0 Å². The van der Waals surface area contributed by atoms with E-state index >= 15 is 0 Å². The Bertz CT molecular complexity index is 1030. The second-order valence-corrected chi connectivity index (χ2v) is 7.27. The third-order valence-electron chi connectivity index (χ3n) is 4.51. The zero-order valence-electron chi connectivity index (χ0n) is 15.8. The number of amides is 1. The van der Waals surface area contributed by atoms with Crippen molar-refractivity contribution >= 4 is 29.2 Å². The zero-order valence-corrected chi connectivity index (χ0v) is 16.6. The first-order valence-corrected chi connectivity index (χ1v) is 9.80. The van der Waals surface area contributed by atoms with Crippen molar-refractivity contribution in [3.05, 3.63) is 59.9 Å². The first kappa shape index (κ1) is 19.8. The summed E-state index contributed by atoms with van der Waals surface area (Å²) in [4.78, 5) is 29.1. The maximum Gasteiger partial charge on any atom is 0.306 e. The molecule has 1 aromatic carbocycles. The number of carbonyl (C=O) groups is 2. The third-order valence-corrected chi connectivity index (χ3v) is 5.17. The minimum atomic E-state index is -1.14. The first-order chi connectivity index (χ1) is 13.4. The van der Waals surface area contributed by atoms with E-state index in [1.807, 2.05) is 35.1 Å². The van der Waals surface area contributed by atoms with Crippen molar-refractivity contribution in [2.45, 2.75) is 24.0 Å². The lowest BCUT2D eigenvalue weighted by molar-refractivity contribution is -0.138. The van der Waals surface area contributed by atoms with Crippen LogP contribution in [0.15, 0.2) is 53.8 Å². The molecular weight excluding hydrogens is 378 g/mol. The van der Waals surface area contributed by atoms with Crippen molar-refractivity contribution in [1.82, 2.24) is 14.7 Å². The van der Waals surface area contributed by atoms with Gasteiger partial charge in [-0.3, -0.25) is 14.0 Å².